The minimum atomic E-state index is 1.20. The van der Waals surface area contributed by atoms with E-state index in [0.717, 1.165) is 0 Å². The first-order chi connectivity index (χ1) is 2.30. The second kappa shape index (κ2) is 0.834. The van der Waals surface area contributed by atoms with Gasteiger partial charge >= 0.3 is 0 Å². The average Bonchev–Trinajstić information content (AvgIpc) is 1.79. The summed E-state index contributed by atoms with van der Waals surface area (Å²) < 4.78 is 1.32. The second-order valence-electron chi connectivity index (χ2n) is 1.02. The fourth-order valence-electron chi connectivity index (χ4n) is 0.117. The number of halogens is 1. The third-order valence-electron chi connectivity index (χ3n) is 0.524. The minimum absolute atomic E-state index is 1.20. The summed E-state index contributed by atoms with van der Waals surface area (Å²) in [5.74, 6) is 0. The molecule has 0 fully saturated rings. The maximum atomic E-state index is 3.65. The van der Waals surface area contributed by atoms with Gasteiger partial charge < -0.3 is 0 Å². The van der Waals surface area contributed by atoms with Crippen LogP contribution in [0, 0.1) is 0 Å². The zero-order valence-corrected chi connectivity index (χ0v) is 4.82. The third kappa shape index (κ3) is 0.533. The molecular formula is C4H3I. The van der Waals surface area contributed by atoms with Crippen molar-refractivity contribution in [2.24, 2.45) is 0 Å². The van der Waals surface area contributed by atoms with Crippen LogP contribution in [0.5, 0.6) is 0 Å². The van der Waals surface area contributed by atoms with Gasteiger partial charge in [0.15, 0.2) is 0 Å². The summed E-state index contributed by atoms with van der Waals surface area (Å²) in [6, 6.07) is 0. The van der Waals surface area contributed by atoms with E-state index in [1.54, 1.807) is 0 Å². The summed E-state index contributed by atoms with van der Waals surface area (Å²) in [5, 5.41) is 0. The Morgan fingerprint density at radius 2 is 2.00 bits per heavy atom. The van der Waals surface area contributed by atoms with E-state index in [4.69, 9.17) is 0 Å². The summed E-state index contributed by atoms with van der Waals surface area (Å²) in [7, 11) is 0. The summed E-state index contributed by atoms with van der Waals surface area (Å²) in [6.07, 6.45) is 2.04. The highest BCUT2D eigenvalue weighted by Crippen LogP contribution is 2.31. The molecule has 0 unspecified atom stereocenters. The van der Waals surface area contributed by atoms with E-state index in [0.29, 0.717) is 0 Å². The Hall–Kier alpha value is 0.210. The van der Waals surface area contributed by atoms with Gasteiger partial charge in [0.25, 0.3) is 0 Å². The van der Waals surface area contributed by atoms with E-state index < -0.39 is 0 Å². The first-order valence-corrected chi connectivity index (χ1v) is 2.45. The molecule has 0 saturated carbocycles. The predicted octanol–water partition coefficient (Wildman–Crippen LogP) is 1.88. The molecule has 0 radical (unpaired) electrons. The molecule has 1 rings (SSSR count). The molecule has 0 saturated heterocycles. The van der Waals surface area contributed by atoms with E-state index in [1.165, 1.54) is 9.15 Å². The lowest BCUT2D eigenvalue weighted by Gasteiger charge is -1.54. The maximum Gasteiger partial charge on any atom is 0.0203 e. The van der Waals surface area contributed by atoms with Gasteiger partial charge in [-0.2, -0.15) is 0 Å². The Kier molecular flexibility index (Phi) is 0.568. The summed E-state index contributed by atoms with van der Waals surface area (Å²) in [4.78, 5) is 0. The quantitative estimate of drug-likeness (QED) is 0.496. The van der Waals surface area contributed by atoms with Crippen LogP contribution in [-0.4, -0.2) is 0 Å². The van der Waals surface area contributed by atoms with Gasteiger partial charge in [-0.15, -0.1) is 0 Å². The fourth-order valence-corrected chi connectivity index (χ4v) is 0.493. The molecule has 0 aromatic heterocycles. The molecule has 0 aromatic rings. The zero-order chi connectivity index (χ0) is 3.86. The first-order valence-electron chi connectivity index (χ1n) is 1.37. The Morgan fingerprint density at radius 3 is 2.00 bits per heavy atom. The van der Waals surface area contributed by atoms with E-state index in [9.17, 15) is 0 Å². The van der Waals surface area contributed by atoms with Crippen molar-refractivity contribution in [1.82, 2.24) is 0 Å². The van der Waals surface area contributed by atoms with Crippen LogP contribution >= 0.6 is 22.6 Å². The number of hydrogen-bond donors (Lipinski definition) is 0. The van der Waals surface area contributed by atoms with Gasteiger partial charge in [0.05, 0.1) is 0 Å². The molecule has 1 aliphatic rings. The predicted molar refractivity (Wildman–Crippen MR) is 31.2 cm³/mol. The van der Waals surface area contributed by atoms with Gasteiger partial charge in [0.1, 0.15) is 0 Å². The Morgan fingerprint density at radius 1 is 1.80 bits per heavy atom. The van der Waals surface area contributed by atoms with Crippen LogP contribution in [0.1, 0.15) is 0 Å². The van der Waals surface area contributed by atoms with Crippen molar-refractivity contribution in [2.75, 3.05) is 0 Å². The zero-order valence-electron chi connectivity index (χ0n) is 2.66. The van der Waals surface area contributed by atoms with Crippen molar-refractivity contribution in [2.45, 2.75) is 0 Å². The third-order valence-corrected chi connectivity index (χ3v) is 1.53. The smallest absolute Gasteiger partial charge is 0.0203 e. The molecule has 26 valence electrons. The molecule has 1 heteroatoms. The van der Waals surface area contributed by atoms with Crippen molar-refractivity contribution in [3.8, 4) is 0 Å². The van der Waals surface area contributed by atoms with Crippen molar-refractivity contribution in [3.05, 3.63) is 21.8 Å². The molecule has 0 aliphatic heterocycles. The molecular weight excluding hydrogens is 175 g/mol. The molecule has 0 amide bonds. The van der Waals surface area contributed by atoms with Gasteiger partial charge in [-0.3, -0.25) is 0 Å². The number of allylic oxidation sites excluding steroid dienone is 3. The molecule has 0 nitrogen and oxygen atoms in total. The summed E-state index contributed by atoms with van der Waals surface area (Å²) in [5.41, 5.74) is 1.20. The highest BCUT2D eigenvalue weighted by molar-refractivity contribution is 14.1. The lowest BCUT2D eigenvalue weighted by molar-refractivity contribution is 2.16. The van der Waals surface area contributed by atoms with Crippen LogP contribution in [0.25, 0.3) is 0 Å². The normalized spacial score (nSPS) is 18.6. The van der Waals surface area contributed by atoms with E-state index in [-0.39, 0.29) is 0 Å². The molecule has 0 N–H and O–H groups in total. The average molecular weight is 178 g/mol. The molecule has 1 aliphatic carbocycles. The molecule has 0 bridgehead atoms. The number of rotatable bonds is 0. The lowest BCUT2D eigenvalue weighted by atomic mass is 10.7. The maximum absolute atomic E-state index is 3.65. The van der Waals surface area contributed by atoms with Gasteiger partial charge in [-0.1, -0.05) is 6.58 Å². The van der Waals surface area contributed by atoms with E-state index >= 15 is 0 Å². The van der Waals surface area contributed by atoms with Crippen LogP contribution in [0.4, 0.5) is 0 Å². The summed E-state index contributed by atoms with van der Waals surface area (Å²) in [6.45, 7) is 3.65. The Balaban J connectivity index is 2.69. The number of hydrogen-bond acceptors (Lipinski definition) is 0. The Bertz CT molecular complexity index is 100. The summed E-state index contributed by atoms with van der Waals surface area (Å²) >= 11 is 2.24. The van der Waals surface area contributed by atoms with Gasteiger partial charge in [0.2, 0.25) is 0 Å². The van der Waals surface area contributed by atoms with E-state index in [2.05, 4.69) is 29.2 Å². The van der Waals surface area contributed by atoms with Crippen LogP contribution in [-0.2, 0) is 0 Å². The molecule has 5 heavy (non-hydrogen) atoms. The first kappa shape index (κ1) is 3.40. The van der Waals surface area contributed by atoms with E-state index in [1.807, 2.05) is 6.08 Å². The van der Waals surface area contributed by atoms with Crippen LogP contribution < -0.4 is 0 Å². The molecule has 0 heterocycles. The largest absolute Gasteiger partial charge is 0.0907 e. The fraction of sp³-hybridized carbons (Fsp3) is 0. The highest BCUT2D eigenvalue weighted by Gasteiger charge is 2.05. The SMILES string of the molecule is C=C1C=C1I. The van der Waals surface area contributed by atoms with Crippen molar-refractivity contribution in [1.29, 1.82) is 0 Å². The molecule has 0 spiro atoms. The minimum Gasteiger partial charge on any atom is -0.0907 e. The monoisotopic (exact) mass is 178 g/mol. The molecule has 0 atom stereocenters. The molecule has 0 aromatic carbocycles. The van der Waals surface area contributed by atoms with Crippen LogP contribution in [0.2, 0.25) is 0 Å². The van der Waals surface area contributed by atoms with Crippen LogP contribution in [0.15, 0.2) is 21.8 Å². The van der Waals surface area contributed by atoms with Crippen molar-refractivity contribution >= 4 is 22.6 Å². The standard InChI is InChI=1S/C4H3I/c1-3-2-4(3)5/h2H,1H2. The van der Waals surface area contributed by atoms with Crippen molar-refractivity contribution in [3.63, 3.8) is 0 Å². The second-order valence-corrected chi connectivity index (χ2v) is 2.18. The van der Waals surface area contributed by atoms with Crippen molar-refractivity contribution < 1.29 is 0 Å². The topological polar surface area (TPSA) is 0 Å². The highest BCUT2D eigenvalue weighted by atomic mass is 127. The Labute approximate surface area is 44.7 Å². The van der Waals surface area contributed by atoms with Gasteiger partial charge in [-0.05, 0) is 34.2 Å². The van der Waals surface area contributed by atoms with Crippen LogP contribution in [0.3, 0.4) is 0 Å². The lowest BCUT2D eigenvalue weighted by Crippen LogP contribution is -1.29. The van der Waals surface area contributed by atoms with Gasteiger partial charge in [-0.25, -0.2) is 0 Å². The van der Waals surface area contributed by atoms with Gasteiger partial charge in [0, 0.05) is 3.58 Å².